The Kier molecular flexibility index (Phi) is 3.99. The normalized spacial score (nSPS) is 16.6. The van der Waals surface area contributed by atoms with Gasteiger partial charge in [0, 0.05) is 36.9 Å². The Morgan fingerprint density at radius 1 is 1.10 bits per heavy atom. The molecular weight excluding hydrogens is 272 g/mol. The average Bonchev–Trinajstić information content (AvgIpc) is 2.85. The molecule has 0 spiro atoms. The van der Waals surface area contributed by atoms with E-state index in [0.717, 1.165) is 49.3 Å². The summed E-state index contributed by atoms with van der Waals surface area (Å²) in [6.45, 7) is 7.04. The number of anilines is 1. The van der Waals surface area contributed by atoms with Crippen molar-refractivity contribution < 1.29 is 4.42 Å². The lowest BCUT2D eigenvalue weighted by atomic mass is 10.2. The van der Waals surface area contributed by atoms with Crippen molar-refractivity contribution in [3.63, 3.8) is 0 Å². The van der Waals surface area contributed by atoms with Crippen LogP contribution in [0.25, 0.3) is 0 Å². The van der Waals surface area contributed by atoms with Gasteiger partial charge in [-0.3, -0.25) is 4.90 Å². The monoisotopic (exact) mass is 290 g/mol. The fraction of sp³-hybridized carbons (Fsp3) is 0.375. The highest BCUT2D eigenvalue weighted by Gasteiger charge is 2.18. The van der Waals surface area contributed by atoms with Crippen molar-refractivity contribution in [2.45, 2.75) is 13.5 Å². The van der Waals surface area contributed by atoms with Crippen LogP contribution < -0.4 is 4.90 Å². The lowest BCUT2D eigenvalue weighted by molar-refractivity contribution is 0.229. The second-order valence-electron chi connectivity index (χ2n) is 5.26. The predicted molar refractivity (Wildman–Crippen MR) is 82.4 cm³/mol. The summed E-state index contributed by atoms with van der Waals surface area (Å²) >= 11 is 6.05. The second kappa shape index (κ2) is 5.90. The smallest absolute Gasteiger partial charge is 0.118 e. The van der Waals surface area contributed by atoms with Crippen molar-refractivity contribution in [2.75, 3.05) is 31.1 Å². The van der Waals surface area contributed by atoms with Gasteiger partial charge in [0.15, 0.2) is 0 Å². The van der Waals surface area contributed by atoms with Crippen LogP contribution in [0.15, 0.2) is 40.8 Å². The van der Waals surface area contributed by atoms with Crippen molar-refractivity contribution in [1.29, 1.82) is 0 Å². The van der Waals surface area contributed by atoms with Gasteiger partial charge in [0.05, 0.1) is 6.54 Å². The number of hydrogen-bond acceptors (Lipinski definition) is 3. The van der Waals surface area contributed by atoms with E-state index in [1.807, 2.05) is 31.2 Å². The van der Waals surface area contributed by atoms with Crippen molar-refractivity contribution in [3.05, 3.63) is 52.9 Å². The largest absolute Gasteiger partial charge is 0.465 e. The van der Waals surface area contributed by atoms with Gasteiger partial charge < -0.3 is 9.32 Å². The molecule has 1 fully saturated rings. The molecule has 0 atom stereocenters. The van der Waals surface area contributed by atoms with Crippen LogP contribution in [0, 0.1) is 6.92 Å². The summed E-state index contributed by atoms with van der Waals surface area (Å²) in [6, 6.07) is 12.2. The first-order valence-electron chi connectivity index (χ1n) is 6.99. The third-order valence-electron chi connectivity index (χ3n) is 3.72. The summed E-state index contributed by atoms with van der Waals surface area (Å²) in [5, 5.41) is 0.802. The van der Waals surface area contributed by atoms with Crippen molar-refractivity contribution in [2.24, 2.45) is 0 Å². The van der Waals surface area contributed by atoms with Gasteiger partial charge in [-0.05, 0) is 37.3 Å². The fourth-order valence-electron chi connectivity index (χ4n) is 2.63. The van der Waals surface area contributed by atoms with E-state index in [1.54, 1.807) is 0 Å². The van der Waals surface area contributed by atoms with Crippen molar-refractivity contribution in [3.8, 4) is 0 Å². The lowest BCUT2D eigenvalue weighted by Crippen LogP contribution is -2.45. The van der Waals surface area contributed by atoms with Crippen molar-refractivity contribution in [1.82, 2.24) is 4.90 Å². The van der Waals surface area contributed by atoms with E-state index < -0.39 is 0 Å². The maximum atomic E-state index is 6.05. The number of furan rings is 1. The van der Waals surface area contributed by atoms with Gasteiger partial charge in [-0.1, -0.05) is 17.7 Å². The quantitative estimate of drug-likeness (QED) is 0.862. The number of rotatable bonds is 3. The van der Waals surface area contributed by atoms with E-state index in [1.165, 1.54) is 5.69 Å². The highest BCUT2D eigenvalue weighted by molar-refractivity contribution is 6.30. The molecule has 3 rings (SSSR count). The Balaban J connectivity index is 1.57. The number of aryl methyl sites for hydroxylation is 1. The van der Waals surface area contributed by atoms with Gasteiger partial charge in [-0.2, -0.15) is 0 Å². The molecule has 0 saturated carbocycles. The molecular formula is C16H19ClN2O. The van der Waals surface area contributed by atoms with Crippen LogP contribution in [0.5, 0.6) is 0 Å². The molecule has 1 aliphatic heterocycles. The van der Waals surface area contributed by atoms with E-state index in [-0.39, 0.29) is 0 Å². The Morgan fingerprint density at radius 2 is 1.90 bits per heavy atom. The van der Waals surface area contributed by atoms with Crippen LogP contribution in [0.3, 0.4) is 0 Å². The number of nitrogens with zero attached hydrogens (tertiary/aromatic N) is 2. The minimum atomic E-state index is 0.802. The molecule has 3 nitrogen and oxygen atoms in total. The van der Waals surface area contributed by atoms with E-state index in [9.17, 15) is 0 Å². The summed E-state index contributed by atoms with van der Waals surface area (Å²) < 4.78 is 5.64. The minimum Gasteiger partial charge on any atom is -0.465 e. The van der Waals surface area contributed by atoms with Crippen LogP contribution in [0.1, 0.15) is 11.5 Å². The first-order valence-corrected chi connectivity index (χ1v) is 7.37. The highest BCUT2D eigenvalue weighted by Crippen LogP contribution is 2.21. The maximum Gasteiger partial charge on any atom is 0.118 e. The summed E-state index contributed by atoms with van der Waals surface area (Å²) in [7, 11) is 0. The van der Waals surface area contributed by atoms with Gasteiger partial charge in [0.1, 0.15) is 11.5 Å². The molecule has 1 aromatic carbocycles. The van der Waals surface area contributed by atoms with Gasteiger partial charge in [0.25, 0.3) is 0 Å². The minimum absolute atomic E-state index is 0.802. The average molecular weight is 291 g/mol. The topological polar surface area (TPSA) is 19.6 Å². The summed E-state index contributed by atoms with van der Waals surface area (Å²) in [6.07, 6.45) is 0. The van der Waals surface area contributed by atoms with Crippen LogP contribution in [0.2, 0.25) is 5.02 Å². The summed E-state index contributed by atoms with van der Waals surface area (Å²) in [5.74, 6) is 2.04. The molecule has 0 bridgehead atoms. The third-order valence-corrected chi connectivity index (χ3v) is 3.96. The molecule has 20 heavy (non-hydrogen) atoms. The molecule has 1 aromatic heterocycles. The number of piperazine rings is 1. The van der Waals surface area contributed by atoms with Crippen LogP contribution in [0.4, 0.5) is 5.69 Å². The van der Waals surface area contributed by atoms with Crippen LogP contribution >= 0.6 is 11.6 Å². The molecule has 2 heterocycles. The standard InChI is InChI=1S/C16H19ClN2O/c1-13-5-6-16(20-13)12-18-7-9-19(10-8-18)15-4-2-3-14(17)11-15/h2-6,11H,7-10,12H2,1H3. The van der Waals surface area contributed by atoms with E-state index in [0.29, 0.717) is 0 Å². The number of hydrogen-bond donors (Lipinski definition) is 0. The Hall–Kier alpha value is -1.45. The zero-order valence-corrected chi connectivity index (χ0v) is 12.4. The zero-order chi connectivity index (χ0) is 13.9. The van der Waals surface area contributed by atoms with Gasteiger partial charge in [0.2, 0.25) is 0 Å². The van der Waals surface area contributed by atoms with E-state index >= 15 is 0 Å². The molecule has 0 unspecified atom stereocenters. The molecule has 2 aromatic rings. The van der Waals surface area contributed by atoms with Gasteiger partial charge >= 0.3 is 0 Å². The van der Waals surface area contributed by atoms with Crippen LogP contribution in [-0.2, 0) is 6.54 Å². The Bertz CT molecular complexity index is 573. The third kappa shape index (κ3) is 3.17. The molecule has 0 radical (unpaired) electrons. The second-order valence-corrected chi connectivity index (χ2v) is 5.69. The summed E-state index contributed by atoms with van der Waals surface area (Å²) in [4.78, 5) is 4.81. The molecule has 0 aliphatic carbocycles. The maximum absolute atomic E-state index is 6.05. The van der Waals surface area contributed by atoms with Gasteiger partial charge in [-0.15, -0.1) is 0 Å². The molecule has 1 aliphatic rings. The van der Waals surface area contributed by atoms with E-state index in [2.05, 4.69) is 21.9 Å². The molecule has 0 amide bonds. The van der Waals surface area contributed by atoms with Crippen molar-refractivity contribution >= 4 is 17.3 Å². The molecule has 1 saturated heterocycles. The molecule has 0 N–H and O–H groups in total. The molecule has 106 valence electrons. The summed E-state index contributed by atoms with van der Waals surface area (Å²) in [5.41, 5.74) is 1.21. The molecule has 4 heteroatoms. The predicted octanol–water partition coefficient (Wildman–Crippen LogP) is 3.56. The number of halogens is 1. The Morgan fingerprint density at radius 3 is 2.55 bits per heavy atom. The van der Waals surface area contributed by atoms with Crippen LogP contribution in [-0.4, -0.2) is 31.1 Å². The zero-order valence-electron chi connectivity index (χ0n) is 11.7. The fourth-order valence-corrected chi connectivity index (χ4v) is 2.81. The first-order chi connectivity index (χ1) is 9.70. The Labute approximate surface area is 124 Å². The number of benzene rings is 1. The lowest BCUT2D eigenvalue weighted by Gasteiger charge is -2.35. The van der Waals surface area contributed by atoms with Gasteiger partial charge in [-0.25, -0.2) is 0 Å². The SMILES string of the molecule is Cc1ccc(CN2CCN(c3cccc(Cl)c3)CC2)o1. The highest BCUT2D eigenvalue weighted by atomic mass is 35.5. The first kappa shape index (κ1) is 13.5. The van der Waals surface area contributed by atoms with E-state index in [4.69, 9.17) is 16.0 Å².